The number of benzene rings is 1. The lowest BCUT2D eigenvalue weighted by Crippen LogP contribution is -2.13. The summed E-state index contributed by atoms with van der Waals surface area (Å²) in [5.41, 5.74) is 4.80. The average Bonchev–Trinajstić information content (AvgIpc) is 2.16. The first kappa shape index (κ1) is 11.4. The number of halogens is 1. The maximum atomic E-state index is 11.0. The number of nitro groups is 1. The van der Waals surface area contributed by atoms with Crippen LogP contribution in [0.3, 0.4) is 0 Å². The minimum absolute atomic E-state index is 0.0209. The fraction of sp³-hybridized carbons (Fsp3) is 0.125. The molecule has 80 valence electrons. The number of nitrogens with two attached hydrogens (primary N) is 1. The Bertz CT molecular complexity index is 433. The van der Waals surface area contributed by atoms with Gasteiger partial charge in [-0.15, -0.1) is 0 Å². The molecule has 1 aromatic rings. The van der Waals surface area contributed by atoms with Crippen LogP contribution in [0.15, 0.2) is 16.6 Å². The lowest BCUT2D eigenvalue weighted by molar-refractivity contribution is -0.385. The highest BCUT2D eigenvalue weighted by atomic mass is 79.9. The number of amides is 1. The minimum Gasteiger partial charge on any atom is -0.496 e. The summed E-state index contributed by atoms with van der Waals surface area (Å²) in [7, 11) is 1.35. The summed E-state index contributed by atoms with van der Waals surface area (Å²) < 4.78 is 5.10. The van der Waals surface area contributed by atoms with Gasteiger partial charge in [0, 0.05) is 12.1 Å². The van der Waals surface area contributed by atoms with Crippen LogP contribution >= 0.6 is 15.9 Å². The van der Waals surface area contributed by atoms with Crippen LogP contribution in [0.4, 0.5) is 5.69 Å². The first-order chi connectivity index (χ1) is 6.97. The fourth-order valence-electron chi connectivity index (χ4n) is 1.04. The predicted octanol–water partition coefficient (Wildman–Crippen LogP) is 1.46. The van der Waals surface area contributed by atoms with Crippen LogP contribution in [0, 0.1) is 10.1 Å². The van der Waals surface area contributed by atoms with Crippen molar-refractivity contribution in [1.82, 2.24) is 0 Å². The van der Waals surface area contributed by atoms with Crippen molar-refractivity contribution in [2.45, 2.75) is 0 Å². The highest BCUT2D eigenvalue weighted by molar-refractivity contribution is 9.10. The standard InChI is InChI=1S/C8H7BrN2O4/c1-15-7-3-5(9)6(11(13)14)2-4(7)8(10)12/h2-3H,1H3,(H2,10,12). The van der Waals surface area contributed by atoms with Gasteiger partial charge in [0.05, 0.1) is 22.1 Å². The summed E-state index contributed by atoms with van der Waals surface area (Å²) in [5.74, 6) is -0.581. The second-order valence-corrected chi connectivity index (χ2v) is 3.48. The second-order valence-electron chi connectivity index (χ2n) is 2.63. The Hall–Kier alpha value is -1.63. The van der Waals surface area contributed by atoms with Crippen molar-refractivity contribution in [2.75, 3.05) is 7.11 Å². The molecule has 1 amide bonds. The lowest BCUT2D eigenvalue weighted by Gasteiger charge is -2.06. The SMILES string of the molecule is COc1cc(Br)c([N+](=O)[O-])cc1C(N)=O. The zero-order valence-electron chi connectivity index (χ0n) is 7.69. The van der Waals surface area contributed by atoms with Gasteiger partial charge >= 0.3 is 0 Å². The Kier molecular flexibility index (Phi) is 3.25. The normalized spacial score (nSPS) is 9.73. The molecule has 1 rings (SSSR count). The first-order valence-corrected chi connectivity index (χ1v) is 4.58. The number of nitrogens with zero attached hydrogens (tertiary/aromatic N) is 1. The van der Waals surface area contributed by atoms with E-state index in [2.05, 4.69) is 15.9 Å². The first-order valence-electron chi connectivity index (χ1n) is 3.79. The van der Waals surface area contributed by atoms with Gasteiger partial charge in [-0.2, -0.15) is 0 Å². The summed E-state index contributed by atoms with van der Waals surface area (Å²) in [5, 5.41) is 10.6. The quantitative estimate of drug-likeness (QED) is 0.667. The molecule has 7 heteroatoms. The number of primary amides is 1. The van der Waals surface area contributed by atoms with Crippen molar-refractivity contribution in [2.24, 2.45) is 5.73 Å². The summed E-state index contributed by atoms with van der Waals surface area (Å²) >= 11 is 3.00. The molecule has 1 aromatic carbocycles. The molecule has 0 aliphatic rings. The highest BCUT2D eigenvalue weighted by Crippen LogP contribution is 2.32. The largest absolute Gasteiger partial charge is 0.496 e. The molecular formula is C8H7BrN2O4. The number of hydrogen-bond acceptors (Lipinski definition) is 4. The van der Waals surface area contributed by atoms with Crippen molar-refractivity contribution >= 4 is 27.5 Å². The lowest BCUT2D eigenvalue weighted by atomic mass is 10.1. The number of carbonyl (C=O) groups excluding carboxylic acids is 1. The molecule has 6 nitrogen and oxygen atoms in total. The Labute approximate surface area is 93.3 Å². The molecule has 0 aliphatic heterocycles. The summed E-state index contributed by atoms with van der Waals surface area (Å²) in [6.45, 7) is 0. The Morgan fingerprint density at radius 2 is 2.20 bits per heavy atom. The number of methoxy groups -OCH3 is 1. The maximum Gasteiger partial charge on any atom is 0.284 e. The number of nitro benzene ring substituents is 1. The molecule has 0 spiro atoms. The van der Waals surface area contributed by atoms with E-state index in [1.54, 1.807) is 0 Å². The summed E-state index contributed by atoms with van der Waals surface area (Å²) in [6.07, 6.45) is 0. The van der Waals surface area contributed by atoms with Crippen molar-refractivity contribution in [1.29, 1.82) is 0 Å². The average molecular weight is 275 g/mol. The third-order valence-corrected chi connectivity index (χ3v) is 2.37. The van der Waals surface area contributed by atoms with Crippen molar-refractivity contribution in [3.05, 3.63) is 32.3 Å². The highest BCUT2D eigenvalue weighted by Gasteiger charge is 2.19. The van der Waals surface area contributed by atoms with Gasteiger partial charge in [0.1, 0.15) is 5.75 Å². The number of hydrogen-bond donors (Lipinski definition) is 1. The van der Waals surface area contributed by atoms with Crippen LogP contribution in [0.25, 0.3) is 0 Å². The predicted molar refractivity (Wildman–Crippen MR) is 55.9 cm³/mol. The van der Waals surface area contributed by atoms with Crippen molar-refractivity contribution < 1.29 is 14.5 Å². The molecule has 0 radical (unpaired) electrons. The molecule has 0 aromatic heterocycles. The maximum absolute atomic E-state index is 11.0. The molecular weight excluding hydrogens is 268 g/mol. The Morgan fingerprint density at radius 3 is 2.60 bits per heavy atom. The molecule has 0 fully saturated rings. The molecule has 0 saturated heterocycles. The van der Waals surface area contributed by atoms with Gasteiger partial charge in [-0.05, 0) is 15.9 Å². The minimum atomic E-state index is -0.776. The van der Waals surface area contributed by atoms with E-state index >= 15 is 0 Å². The molecule has 0 heterocycles. The molecule has 0 unspecified atom stereocenters. The van der Waals surface area contributed by atoms with E-state index < -0.39 is 10.8 Å². The smallest absolute Gasteiger partial charge is 0.284 e. The third-order valence-electron chi connectivity index (χ3n) is 1.73. The molecule has 0 bridgehead atoms. The Balaban J connectivity index is 3.43. The number of ether oxygens (including phenoxy) is 1. The molecule has 15 heavy (non-hydrogen) atoms. The molecule has 0 saturated carbocycles. The second kappa shape index (κ2) is 4.26. The topological polar surface area (TPSA) is 95.5 Å². The van der Waals surface area contributed by atoms with E-state index in [-0.39, 0.29) is 21.5 Å². The number of rotatable bonds is 3. The molecule has 2 N–H and O–H groups in total. The van der Waals surface area contributed by atoms with Crippen LogP contribution in [-0.4, -0.2) is 17.9 Å². The van der Waals surface area contributed by atoms with Crippen LogP contribution < -0.4 is 10.5 Å². The zero-order valence-corrected chi connectivity index (χ0v) is 9.28. The van der Waals surface area contributed by atoms with E-state index in [9.17, 15) is 14.9 Å². The van der Waals surface area contributed by atoms with Gasteiger partial charge in [-0.1, -0.05) is 0 Å². The third kappa shape index (κ3) is 2.24. The van der Waals surface area contributed by atoms with Gasteiger partial charge in [0.15, 0.2) is 0 Å². The van der Waals surface area contributed by atoms with Crippen LogP contribution in [0.2, 0.25) is 0 Å². The van der Waals surface area contributed by atoms with Crippen LogP contribution in [-0.2, 0) is 0 Å². The van der Waals surface area contributed by atoms with Gasteiger partial charge in [0.25, 0.3) is 11.6 Å². The van der Waals surface area contributed by atoms with E-state index in [0.29, 0.717) is 0 Å². The van der Waals surface area contributed by atoms with E-state index in [1.165, 1.54) is 13.2 Å². The van der Waals surface area contributed by atoms with Gasteiger partial charge in [0.2, 0.25) is 0 Å². The van der Waals surface area contributed by atoms with E-state index in [0.717, 1.165) is 6.07 Å². The fourth-order valence-corrected chi connectivity index (χ4v) is 1.51. The monoisotopic (exact) mass is 274 g/mol. The van der Waals surface area contributed by atoms with E-state index in [1.807, 2.05) is 0 Å². The molecule has 0 aliphatic carbocycles. The summed E-state index contributed by atoms with van der Waals surface area (Å²) in [6, 6.07) is 2.41. The van der Waals surface area contributed by atoms with Crippen molar-refractivity contribution in [3.63, 3.8) is 0 Å². The Morgan fingerprint density at radius 1 is 1.60 bits per heavy atom. The number of carbonyl (C=O) groups is 1. The summed E-state index contributed by atoms with van der Waals surface area (Å²) in [4.78, 5) is 20.9. The molecule has 0 atom stereocenters. The van der Waals surface area contributed by atoms with Crippen LogP contribution in [0.1, 0.15) is 10.4 Å². The van der Waals surface area contributed by atoms with Crippen molar-refractivity contribution in [3.8, 4) is 5.75 Å². The van der Waals surface area contributed by atoms with Gasteiger partial charge in [-0.3, -0.25) is 14.9 Å². The van der Waals surface area contributed by atoms with Gasteiger partial charge < -0.3 is 10.5 Å². The van der Waals surface area contributed by atoms with Gasteiger partial charge in [-0.25, -0.2) is 0 Å². The van der Waals surface area contributed by atoms with E-state index in [4.69, 9.17) is 10.5 Å². The van der Waals surface area contributed by atoms with Crippen LogP contribution in [0.5, 0.6) is 5.75 Å². The zero-order chi connectivity index (χ0) is 11.6.